The highest BCUT2D eigenvalue weighted by atomic mass is 35.5. The van der Waals surface area contributed by atoms with Crippen LogP contribution in [0.15, 0.2) is 78.4 Å². The summed E-state index contributed by atoms with van der Waals surface area (Å²) >= 11 is 5.96. The van der Waals surface area contributed by atoms with Crippen LogP contribution in [0.4, 0.5) is 10.1 Å². The zero-order valence-corrected chi connectivity index (χ0v) is 19.4. The van der Waals surface area contributed by atoms with E-state index in [1.54, 1.807) is 54.6 Å². The van der Waals surface area contributed by atoms with Crippen molar-refractivity contribution in [1.29, 1.82) is 0 Å². The highest BCUT2D eigenvalue weighted by molar-refractivity contribution is 6.51. The third-order valence-corrected chi connectivity index (χ3v) is 5.72. The van der Waals surface area contributed by atoms with Crippen LogP contribution in [0.5, 0.6) is 5.75 Å². The van der Waals surface area contributed by atoms with E-state index in [-0.39, 0.29) is 22.0 Å². The van der Waals surface area contributed by atoms with Crippen molar-refractivity contribution in [1.82, 2.24) is 0 Å². The van der Waals surface area contributed by atoms with Crippen molar-refractivity contribution in [3.05, 3.63) is 100 Å². The smallest absolute Gasteiger partial charge is 0.300 e. The fraction of sp³-hybridized carbons (Fsp3) is 0.185. The van der Waals surface area contributed by atoms with Gasteiger partial charge in [0.05, 0.1) is 23.2 Å². The van der Waals surface area contributed by atoms with Crippen LogP contribution >= 0.6 is 11.6 Å². The Morgan fingerprint density at radius 2 is 1.79 bits per heavy atom. The van der Waals surface area contributed by atoms with Gasteiger partial charge in [-0.3, -0.25) is 14.5 Å². The minimum Gasteiger partial charge on any atom is -0.507 e. The summed E-state index contributed by atoms with van der Waals surface area (Å²) in [7, 11) is 0. The number of nitrogens with zero attached hydrogens (tertiary/aromatic N) is 1. The number of carbonyl (C=O) groups excluding carboxylic acids is 2. The lowest BCUT2D eigenvalue weighted by atomic mass is 9.95. The number of benzene rings is 3. The van der Waals surface area contributed by atoms with Gasteiger partial charge in [0.25, 0.3) is 11.7 Å². The summed E-state index contributed by atoms with van der Waals surface area (Å²) in [6.07, 6.45) is 0. The van der Waals surface area contributed by atoms with Crippen molar-refractivity contribution in [2.24, 2.45) is 5.92 Å². The number of hydrogen-bond donors (Lipinski definition) is 1. The van der Waals surface area contributed by atoms with Crippen LogP contribution in [0.3, 0.4) is 0 Å². The van der Waals surface area contributed by atoms with Crippen LogP contribution in [-0.4, -0.2) is 23.4 Å². The lowest BCUT2D eigenvalue weighted by Crippen LogP contribution is -2.29. The van der Waals surface area contributed by atoms with Crippen LogP contribution in [0.2, 0.25) is 5.02 Å². The number of hydrogen-bond acceptors (Lipinski definition) is 4. The van der Waals surface area contributed by atoms with Crippen LogP contribution in [-0.2, 0) is 9.59 Å². The Morgan fingerprint density at radius 1 is 1.06 bits per heavy atom. The van der Waals surface area contributed by atoms with Crippen molar-refractivity contribution in [2.45, 2.75) is 19.9 Å². The highest BCUT2D eigenvalue weighted by Crippen LogP contribution is 2.43. The zero-order chi connectivity index (χ0) is 24.4. The lowest BCUT2D eigenvalue weighted by Gasteiger charge is -2.25. The van der Waals surface area contributed by atoms with Crippen LogP contribution in [0.1, 0.15) is 31.0 Å². The summed E-state index contributed by atoms with van der Waals surface area (Å²) in [5.74, 6) is -1.81. The molecule has 1 aliphatic heterocycles. The van der Waals surface area contributed by atoms with Crippen LogP contribution in [0, 0.1) is 11.7 Å². The van der Waals surface area contributed by atoms with Gasteiger partial charge >= 0.3 is 0 Å². The van der Waals surface area contributed by atoms with Gasteiger partial charge in [0, 0.05) is 11.3 Å². The maximum atomic E-state index is 13.8. The fourth-order valence-corrected chi connectivity index (χ4v) is 4.01. The third kappa shape index (κ3) is 4.54. The molecule has 1 aliphatic rings. The Labute approximate surface area is 202 Å². The van der Waals surface area contributed by atoms with Gasteiger partial charge in [-0.05, 0) is 41.8 Å². The SMILES string of the molecule is CC(C)COc1cccc(/C(O)=C2\C(=O)C(=O)N(c3ccc(F)c(Cl)c3)C2c2ccccc2)c1. The van der Waals surface area contributed by atoms with Gasteiger partial charge in [0.15, 0.2) is 0 Å². The van der Waals surface area contributed by atoms with E-state index in [4.69, 9.17) is 16.3 Å². The molecule has 1 heterocycles. The van der Waals surface area contributed by atoms with Crippen molar-refractivity contribution in [2.75, 3.05) is 11.5 Å². The lowest BCUT2D eigenvalue weighted by molar-refractivity contribution is -0.132. The predicted octanol–water partition coefficient (Wildman–Crippen LogP) is 6.14. The van der Waals surface area contributed by atoms with Crippen molar-refractivity contribution in [3.8, 4) is 5.75 Å². The Hall–Kier alpha value is -3.64. The number of rotatable bonds is 6. The number of anilines is 1. The molecule has 7 heteroatoms. The molecule has 0 radical (unpaired) electrons. The minimum absolute atomic E-state index is 0.0716. The fourth-order valence-electron chi connectivity index (χ4n) is 3.84. The average Bonchev–Trinajstić information content (AvgIpc) is 3.10. The average molecular weight is 480 g/mol. The first-order chi connectivity index (χ1) is 16.3. The highest BCUT2D eigenvalue weighted by Gasteiger charge is 2.47. The van der Waals surface area contributed by atoms with Gasteiger partial charge in [-0.25, -0.2) is 4.39 Å². The summed E-state index contributed by atoms with van der Waals surface area (Å²) in [4.78, 5) is 27.6. The molecule has 3 aromatic rings. The normalized spacial score (nSPS) is 17.4. The zero-order valence-electron chi connectivity index (χ0n) is 18.7. The first-order valence-corrected chi connectivity index (χ1v) is 11.2. The monoisotopic (exact) mass is 479 g/mol. The van der Waals surface area contributed by atoms with Gasteiger partial charge in [-0.15, -0.1) is 0 Å². The van der Waals surface area contributed by atoms with Crippen molar-refractivity contribution >= 4 is 34.7 Å². The maximum absolute atomic E-state index is 13.8. The Bertz CT molecular complexity index is 1270. The predicted molar refractivity (Wildman–Crippen MR) is 129 cm³/mol. The molecule has 174 valence electrons. The quantitative estimate of drug-likeness (QED) is 0.262. The molecular weight excluding hydrogens is 457 g/mol. The molecule has 1 saturated heterocycles. The Balaban J connectivity index is 1.86. The van der Waals surface area contributed by atoms with E-state index in [0.717, 1.165) is 6.07 Å². The molecule has 0 bridgehead atoms. The first kappa shape index (κ1) is 23.5. The Morgan fingerprint density at radius 3 is 2.47 bits per heavy atom. The second-order valence-electron chi connectivity index (χ2n) is 8.41. The third-order valence-electron chi connectivity index (χ3n) is 5.43. The first-order valence-electron chi connectivity index (χ1n) is 10.8. The van der Waals surface area contributed by atoms with E-state index in [1.165, 1.54) is 17.0 Å². The summed E-state index contributed by atoms with van der Waals surface area (Å²) in [6.45, 7) is 4.53. The molecule has 1 amide bonds. The van der Waals surface area contributed by atoms with E-state index in [9.17, 15) is 19.1 Å². The van der Waals surface area contributed by atoms with Crippen LogP contribution in [0.25, 0.3) is 5.76 Å². The molecule has 1 unspecified atom stereocenters. The number of Topliss-reactive ketones (excluding diaryl/α,β-unsaturated/α-hetero) is 1. The largest absolute Gasteiger partial charge is 0.507 e. The second-order valence-corrected chi connectivity index (χ2v) is 8.82. The molecule has 5 nitrogen and oxygen atoms in total. The summed E-state index contributed by atoms with van der Waals surface area (Å²) in [5.41, 5.74) is 1.13. The number of aliphatic hydroxyl groups is 1. The molecule has 1 fully saturated rings. The van der Waals surface area contributed by atoms with E-state index in [0.29, 0.717) is 29.4 Å². The molecule has 1 N–H and O–H groups in total. The van der Waals surface area contributed by atoms with Gasteiger partial charge in [0.2, 0.25) is 0 Å². The molecule has 0 aliphatic carbocycles. The topological polar surface area (TPSA) is 66.8 Å². The number of amides is 1. The van der Waals surface area contributed by atoms with Crippen molar-refractivity contribution in [3.63, 3.8) is 0 Å². The molecule has 4 rings (SSSR count). The van der Waals surface area contributed by atoms with Gasteiger partial charge in [0.1, 0.15) is 17.3 Å². The number of aliphatic hydroxyl groups excluding tert-OH is 1. The number of ether oxygens (including phenoxy) is 1. The second kappa shape index (κ2) is 9.69. The molecule has 0 spiro atoms. The number of carbonyl (C=O) groups is 2. The number of halogens is 2. The van der Waals surface area contributed by atoms with E-state index >= 15 is 0 Å². The van der Waals surface area contributed by atoms with Gasteiger partial charge in [-0.2, -0.15) is 0 Å². The molecule has 34 heavy (non-hydrogen) atoms. The molecule has 0 saturated carbocycles. The van der Waals surface area contributed by atoms with Crippen LogP contribution < -0.4 is 9.64 Å². The standard InChI is InChI=1S/C27H23ClFNO4/c1-16(2)15-34-20-10-6-9-18(13-20)25(31)23-24(17-7-4-3-5-8-17)30(27(33)26(23)32)19-11-12-22(29)21(28)14-19/h3-14,16,24,31H,15H2,1-2H3/b25-23+. The van der Waals surface area contributed by atoms with E-state index in [1.807, 2.05) is 13.8 Å². The van der Waals surface area contributed by atoms with E-state index < -0.39 is 23.5 Å². The molecule has 0 aromatic heterocycles. The maximum Gasteiger partial charge on any atom is 0.300 e. The minimum atomic E-state index is -0.928. The van der Waals surface area contributed by atoms with Gasteiger partial charge in [-0.1, -0.05) is 67.9 Å². The molecule has 1 atom stereocenters. The van der Waals surface area contributed by atoms with Crippen molar-refractivity contribution < 1.29 is 23.8 Å². The summed E-state index contributed by atoms with van der Waals surface area (Å²) in [5, 5.41) is 11.1. The Kier molecular flexibility index (Phi) is 6.70. The summed E-state index contributed by atoms with van der Waals surface area (Å²) in [6, 6.07) is 18.5. The number of ketones is 1. The van der Waals surface area contributed by atoms with Gasteiger partial charge < -0.3 is 9.84 Å². The van der Waals surface area contributed by atoms with E-state index in [2.05, 4.69) is 0 Å². The summed E-state index contributed by atoms with van der Waals surface area (Å²) < 4.78 is 19.5. The molecule has 3 aromatic carbocycles. The molecular formula is C27H23ClFNO4.